The summed E-state index contributed by atoms with van der Waals surface area (Å²) in [6.07, 6.45) is -6.52. The molecule has 256 valence electrons. The summed E-state index contributed by atoms with van der Waals surface area (Å²) in [5.41, 5.74) is 5.15. The normalized spacial score (nSPS) is 15.0. The number of aliphatic hydroxyl groups is 5. The smallest absolute Gasteiger partial charge is 0.161 e. The monoisotopic (exact) mass is 683 g/mol. The van der Waals surface area contributed by atoms with Crippen molar-refractivity contribution in [2.24, 2.45) is 0 Å². The SMILES string of the molecule is Cc1c(COc2cc(OCc3cccc(F)c3)c(CNC[C@H](O)[C@@H](O)[C@H](O)[C@H](O)CO)cc2Cl)cccc1-c1ccc2c(c1)OCCO2. The van der Waals surface area contributed by atoms with Gasteiger partial charge in [-0.2, -0.15) is 0 Å². The molecule has 0 bridgehead atoms. The number of ether oxygens (including phenoxy) is 4. The highest BCUT2D eigenvalue weighted by Gasteiger charge is 2.29. The maximum atomic E-state index is 13.8. The second-order valence-corrected chi connectivity index (χ2v) is 11.9. The third-order valence-electron chi connectivity index (χ3n) is 8.08. The van der Waals surface area contributed by atoms with E-state index in [9.17, 15) is 24.8 Å². The van der Waals surface area contributed by atoms with E-state index in [4.69, 9.17) is 35.7 Å². The van der Waals surface area contributed by atoms with Gasteiger partial charge in [0.1, 0.15) is 62.1 Å². The highest BCUT2D eigenvalue weighted by Crippen LogP contribution is 2.37. The highest BCUT2D eigenvalue weighted by atomic mass is 35.5. The minimum Gasteiger partial charge on any atom is -0.488 e. The summed E-state index contributed by atoms with van der Waals surface area (Å²) in [6.45, 7) is 2.47. The van der Waals surface area contributed by atoms with E-state index in [-0.39, 0.29) is 26.3 Å². The molecule has 0 unspecified atom stereocenters. The zero-order valence-electron chi connectivity index (χ0n) is 26.3. The molecule has 1 heterocycles. The molecule has 12 heteroatoms. The van der Waals surface area contributed by atoms with Gasteiger partial charge in [0, 0.05) is 24.7 Å². The van der Waals surface area contributed by atoms with E-state index < -0.39 is 36.8 Å². The molecule has 0 saturated carbocycles. The van der Waals surface area contributed by atoms with E-state index >= 15 is 0 Å². The number of halogens is 2. The summed E-state index contributed by atoms with van der Waals surface area (Å²) in [5, 5.41) is 52.2. The summed E-state index contributed by atoms with van der Waals surface area (Å²) in [5.74, 6) is 1.77. The second kappa shape index (κ2) is 16.4. The highest BCUT2D eigenvalue weighted by molar-refractivity contribution is 6.32. The van der Waals surface area contributed by atoms with Gasteiger partial charge in [-0.25, -0.2) is 4.39 Å². The predicted molar refractivity (Wildman–Crippen MR) is 177 cm³/mol. The fraction of sp³-hybridized carbons (Fsp3) is 0.333. The second-order valence-electron chi connectivity index (χ2n) is 11.5. The van der Waals surface area contributed by atoms with Gasteiger partial charge in [-0.3, -0.25) is 0 Å². The lowest BCUT2D eigenvalue weighted by molar-refractivity contribution is -0.114. The van der Waals surface area contributed by atoms with Gasteiger partial charge in [0.15, 0.2) is 11.5 Å². The van der Waals surface area contributed by atoms with Crippen LogP contribution >= 0.6 is 11.6 Å². The van der Waals surface area contributed by atoms with Crippen molar-refractivity contribution in [3.05, 3.63) is 106 Å². The minimum atomic E-state index is -1.74. The van der Waals surface area contributed by atoms with Gasteiger partial charge in [0.05, 0.1) is 17.7 Å². The van der Waals surface area contributed by atoms with Gasteiger partial charge in [0.25, 0.3) is 0 Å². The first-order valence-electron chi connectivity index (χ1n) is 15.5. The first-order valence-corrected chi connectivity index (χ1v) is 15.9. The largest absolute Gasteiger partial charge is 0.488 e. The van der Waals surface area contributed by atoms with E-state index in [2.05, 4.69) is 5.32 Å². The molecule has 5 rings (SSSR count). The van der Waals surface area contributed by atoms with Gasteiger partial charge in [0.2, 0.25) is 0 Å². The Morgan fingerprint density at radius 3 is 2.31 bits per heavy atom. The lowest BCUT2D eigenvalue weighted by Crippen LogP contribution is -2.48. The Morgan fingerprint density at radius 2 is 1.54 bits per heavy atom. The first kappa shape index (κ1) is 35.4. The Kier molecular flexibility index (Phi) is 12.1. The molecule has 0 radical (unpaired) electrons. The molecule has 48 heavy (non-hydrogen) atoms. The molecule has 0 amide bonds. The van der Waals surface area contributed by atoms with E-state index in [1.165, 1.54) is 12.1 Å². The van der Waals surface area contributed by atoms with Crippen molar-refractivity contribution >= 4 is 11.6 Å². The molecule has 6 N–H and O–H groups in total. The first-order chi connectivity index (χ1) is 23.1. The number of fused-ring (bicyclic) bond motifs is 1. The number of hydrogen-bond donors (Lipinski definition) is 6. The molecule has 0 fully saturated rings. The Labute approximate surface area is 282 Å². The van der Waals surface area contributed by atoms with Crippen LogP contribution in [-0.2, 0) is 19.8 Å². The van der Waals surface area contributed by atoms with E-state index in [1.807, 2.05) is 43.3 Å². The summed E-state index contributed by atoms with van der Waals surface area (Å²) in [6, 6.07) is 21.1. The van der Waals surface area contributed by atoms with Crippen LogP contribution in [0, 0.1) is 12.7 Å². The van der Waals surface area contributed by atoms with Gasteiger partial charge >= 0.3 is 0 Å². The number of rotatable bonds is 15. The number of nitrogens with one attached hydrogen (secondary N) is 1. The molecule has 4 aromatic carbocycles. The van der Waals surface area contributed by atoms with Gasteiger partial charge in [-0.05, 0) is 65.1 Å². The van der Waals surface area contributed by atoms with Crippen molar-refractivity contribution in [3.8, 4) is 34.1 Å². The van der Waals surface area contributed by atoms with Crippen LogP contribution in [0.2, 0.25) is 5.02 Å². The van der Waals surface area contributed by atoms with Gasteiger partial charge < -0.3 is 49.8 Å². The van der Waals surface area contributed by atoms with Crippen LogP contribution in [0.15, 0.2) is 72.8 Å². The van der Waals surface area contributed by atoms with Crippen LogP contribution in [-0.4, -0.2) is 76.3 Å². The van der Waals surface area contributed by atoms with Crippen LogP contribution in [0.25, 0.3) is 11.1 Å². The maximum absolute atomic E-state index is 13.8. The average molecular weight is 684 g/mol. The topological polar surface area (TPSA) is 150 Å². The van der Waals surface area contributed by atoms with Crippen molar-refractivity contribution in [3.63, 3.8) is 0 Å². The summed E-state index contributed by atoms with van der Waals surface area (Å²) in [4.78, 5) is 0. The lowest BCUT2D eigenvalue weighted by atomic mass is 9.96. The van der Waals surface area contributed by atoms with Crippen LogP contribution in [0.1, 0.15) is 22.3 Å². The van der Waals surface area contributed by atoms with Crippen molar-refractivity contribution < 1.29 is 48.9 Å². The van der Waals surface area contributed by atoms with Crippen molar-refractivity contribution in [2.45, 2.75) is 51.1 Å². The van der Waals surface area contributed by atoms with E-state index in [0.29, 0.717) is 46.6 Å². The van der Waals surface area contributed by atoms with Crippen LogP contribution < -0.4 is 24.3 Å². The van der Waals surface area contributed by atoms with E-state index in [0.717, 1.165) is 28.0 Å². The van der Waals surface area contributed by atoms with Gasteiger partial charge in [-0.15, -0.1) is 0 Å². The summed E-state index contributed by atoms with van der Waals surface area (Å²) >= 11 is 6.67. The van der Waals surface area contributed by atoms with Crippen LogP contribution in [0.4, 0.5) is 4.39 Å². The molecule has 1 aliphatic heterocycles. The Balaban J connectivity index is 1.32. The maximum Gasteiger partial charge on any atom is 0.161 e. The number of hydrogen-bond acceptors (Lipinski definition) is 10. The Hall–Kier alpha value is -3.94. The molecule has 0 spiro atoms. The van der Waals surface area contributed by atoms with Crippen LogP contribution in [0.5, 0.6) is 23.0 Å². The zero-order chi connectivity index (χ0) is 34.2. The third-order valence-corrected chi connectivity index (χ3v) is 8.37. The fourth-order valence-electron chi connectivity index (χ4n) is 5.30. The molecule has 4 aromatic rings. The molecule has 0 saturated heterocycles. The zero-order valence-corrected chi connectivity index (χ0v) is 27.1. The standard InChI is InChI=1S/C36H39ClFNO9/c1-21-24(5-3-7-27(21)23-8-9-31-34(14-23)46-11-10-45-31)20-48-33-15-32(47-19-22-4-2-6-26(38)12-22)25(13-28(33)37)16-39-17-29(41)35(43)36(44)30(42)18-40/h2-9,12-15,29-30,35-36,39-44H,10-11,16-20H2,1H3/t29-,30+,35+,36+/m0/s1. The summed E-state index contributed by atoms with van der Waals surface area (Å²) < 4.78 is 37.5. The van der Waals surface area contributed by atoms with E-state index in [1.54, 1.807) is 24.3 Å². The van der Waals surface area contributed by atoms with Crippen LogP contribution in [0.3, 0.4) is 0 Å². The molecule has 4 atom stereocenters. The third kappa shape index (κ3) is 8.74. The molecular weight excluding hydrogens is 645 g/mol. The average Bonchev–Trinajstić information content (AvgIpc) is 3.10. The molecule has 0 aliphatic carbocycles. The summed E-state index contributed by atoms with van der Waals surface area (Å²) in [7, 11) is 0. The van der Waals surface area contributed by atoms with Gasteiger partial charge in [-0.1, -0.05) is 48.0 Å². The fourth-order valence-corrected chi connectivity index (χ4v) is 5.55. The minimum absolute atomic E-state index is 0.0507. The molecule has 0 aromatic heterocycles. The predicted octanol–water partition coefficient (Wildman–Crippen LogP) is 3.91. The lowest BCUT2D eigenvalue weighted by Gasteiger charge is -2.26. The van der Waals surface area contributed by atoms with Crippen molar-refractivity contribution in [2.75, 3.05) is 26.4 Å². The van der Waals surface area contributed by atoms with Crippen molar-refractivity contribution in [1.82, 2.24) is 5.32 Å². The quantitative estimate of drug-likeness (QED) is 0.109. The molecule has 10 nitrogen and oxygen atoms in total. The Morgan fingerprint density at radius 1 is 0.812 bits per heavy atom. The number of benzene rings is 4. The molecular formula is C36H39ClFNO9. The van der Waals surface area contributed by atoms with Crippen molar-refractivity contribution in [1.29, 1.82) is 0 Å². The molecule has 1 aliphatic rings. The number of aliphatic hydroxyl groups excluding tert-OH is 5. The Bertz CT molecular complexity index is 1690.